The summed E-state index contributed by atoms with van der Waals surface area (Å²) in [6, 6.07) is 9.11. The van der Waals surface area contributed by atoms with Gasteiger partial charge in [0, 0.05) is 41.9 Å². The van der Waals surface area contributed by atoms with Crippen molar-refractivity contribution < 1.29 is 9.59 Å². The van der Waals surface area contributed by atoms with Crippen LogP contribution in [-0.2, 0) is 4.79 Å². The summed E-state index contributed by atoms with van der Waals surface area (Å²) in [4.78, 5) is 36.6. The van der Waals surface area contributed by atoms with E-state index in [0.717, 1.165) is 23.9 Å². The number of aromatic nitrogens is 2. The van der Waals surface area contributed by atoms with Crippen LogP contribution in [0.15, 0.2) is 42.7 Å². The van der Waals surface area contributed by atoms with Crippen LogP contribution in [0.4, 0.5) is 5.69 Å². The van der Waals surface area contributed by atoms with Gasteiger partial charge in [0.1, 0.15) is 5.69 Å². The summed E-state index contributed by atoms with van der Waals surface area (Å²) in [6.07, 6.45) is 3.76. The smallest absolute Gasteiger partial charge is 0.225 e. The zero-order valence-electron chi connectivity index (χ0n) is 16.0. The Morgan fingerprint density at radius 3 is 2.46 bits per heavy atom. The van der Waals surface area contributed by atoms with Gasteiger partial charge < -0.3 is 10.2 Å². The summed E-state index contributed by atoms with van der Waals surface area (Å²) in [6.45, 7) is 6.69. The molecule has 2 heterocycles. The zero-order valence-corrected chi connectivity index (χ0v) is 16.0. The molecule has 0 fully saturated rings. The molecule has 1 amide bonds. The van der Waals surface area contributed by atoms with E-state index >= 15 is 0 Å². The first-order chi connectivity index (χ1) is 13.6. The van der Waals surface area contributed by atoms with Crippen molar-refractivity contribution in [2.75, 3.05) is 25.0 Å². The molecule has 0 saturated heterocycles. The Bertz CT molecular complexity index is 1070. The van der Waals surface area contributed by atoms with Gasteiger partial charge in [-0.25, -0.2) is 0 Å². The molecule has 28 heavy (non-hydrogen) atoms. The Hall–Kier alpha value is -3.12. The fraction of sp³-hybridized carbons (Fsp3) is 0.273. The second-order valence-corrected chi connectivity index (χ2v) is 6.80. The molecule has 0 atom stereocenters. The van der Waals surface area contributed by atoms with Gasteiger partial charge in [0.05, 0.1) is 11.4 Å². The molecule has 0 radical (unpaired) electrons. The van der Waals surface area contributed by atoms with E-state index in [9.17, 15) is 9.59 Å². The fourth-order valence-electron chi connectivity index (χ4n) is 3.72. The van der Waals surface area contributed by atoms with Crippen LogP contribution in [0.3, 0.4) is 0 Å². The first-order valence-corrected chi connectivity index (χ1v) is 9.58. The number of benzene rings is 1. The molecule has 0 spiro atoms. The molecule has 1 N–H and O–H groups in total. The Balaban J connectivity index is 1.73. The predicted molar refractivity (Wildman–Crippen MR) is 109 cm³/mol. The summed E-state index contributed by atoms with van der Waals surface area (Å²) >= 11 is 0. The molecule has 4 rings (SSSR count). The van der Waals surface area contributed by atoms with Crippen LogP contribution in [0.2, 0.25) is 0 Å². The number of carbonyl (C=O) groups excluding carboxylic acids is 2. The number of nitrogens with one attached hydrogen (secondary N) is 1. The molecule has 0 bridgehead atoms. The summed E-state index contributed by atoms with van der Waals surface area (Å²) in [7, 11) is 0. The number of fused-ring (bicyclic) bond motifs is 2. The molecule has 6 heteroatoms. The molecule has 0 aliphatic heterocycles. The third-order valence-electron chi connectivity index (χ3n) is 5.26. The number of carbonyl (C=O) groups is 2. The highest BCUT2D eigenvalue weighted by molar-refractivity contribution is 6.25. The average Bonchev–Trinajstić information content (AvgIpc) is 2.72. The lowest BCUT2D eigenvalue weighted by molar-refractivity contribution is -0.116. The van der Waals surface area contributed by atoms with Crippen LogP contribution in [0.5, 0.6) is 0 Å². The highest BCUT2D eigenvalue weighted by Gasteiger charge is 2.29. The number of hydrogen-bond acceptors (Lipinski definition) is 5. The van der Waals surface area contributed by atoms with Crippen molar-refractivity contribution in [2.45, 2.75) is 20.3 Å². The Morgan fingerprint density at radius 2 is 1.75 bits per heavy atom. The standard InChI is InChI=1S/C22H22N4O2/c1-3-26(4-2)13-10-17(27)25-16-7-5-6-15-19(16)20-18-14(8-11-23-20)9-12-24-21(18)22(15)28/h5-9,11-12H,3-4,10,13H2,1-2H3,(H,25,27). The van der Waals surface area contributed by atoms with Gasteiger partial charge in [-0.2, -0.15) is 0 Å². The third kappa shape index (κ3) is 3.05. The Kier molecular flexibility index (Phi) is 4.88. The number of amides is 1. The summed E-state index contributed by atoms with van der Waals surface area (Å²) in [5.41, 5.74) is 2.92. The number of anilines is 1. The minimum absolute atomic E-state index is 0.0723. The number of ketones is 1. The average molecular weight is 374 g/mol. The van der Waals surface area contributed by atoms with E-state index in [-0.39, 0.29) is 11.7 Å². The van der Waals surface area contributed by atoms with Crippen molar-refractivity contribution in [1.82, 2.24) is 14.9 Å². The van der Waals surface area contributed by atoms with E-state index in [0.29, 0.717) is 41.2 Å². The minimum Gasteiger partial charge on any atom is -0.325 e. The lowest BCUT2D eigenvalue weighted by Crippen LogP contribution is -2.27. The maximum atomic E-state index is 13.0. The van der Waals surface area contributed by atoms with E-state index in [1.165, 1.54) is 0 Å². The van der Waals surface area contributed by atoms with Gasteiger partial charge in [0.25, 0.3) is 0 Å². The summed E-state index contributed by atoms with van der Waals surface area (Å²) in [5, 5.41) is 4.65. The van der Waals surface area contributed by atoms with Gasteiger partial charge in [-0.1, -0.05) is 26.0 Å². The van der Waals surface area contributed by atoms with Crippen LogP contribution in [0.25, 0.3) is 22.0 Å². The molecule has 142 valence electrons. The molecule has 1 aliphatic carbocycles. The highest BCUT2D eigenvalue weighted by atomic mass is 16.1. The molecular formula is C22H22N4O2. The van der Waals surface area contributed by atoms with Crippen molar-refractivity contribution in [3.8, 4) is 11.3 Å². The lowest BCUT2D eigenvalue weighted by atomic mass is 9.87. The van der Waals surface area contributed by atoms with Gasteiger partial charge in [-0.15, -0.1) is 0 Å². The molecule has 2 aromatic heterocycles. The quantitative estimate of drug-likeness (QED) is 0.559. The van der Waals surface area contributed by atoms with E-state index in [2.05, 4.69) is 34.0 Å². The van der Waals surface area contributed by atoms with Crippen molar-refractivity contribution in [1.29, 1.82) is 0 Å². The molecule has 0 saturated carbocycles. The fourth-order valence-corrected chi connectivity index (χ4v) is 3.72. The Morgan fingerprint density at radius 1 is 1.04 bits per heavy atom. The zero-order chi connectivity index (χ0) is 19.7. The minimum atomic E-state index is -0.139. The molecular weight excluding hydrogens is 352 g/mol. The monoisotopic (exact) mass is 374 g/mol. The lowest BCUT2D eigenvalue weighted by Gasteiger charge is -2.21. The van der Waals surface area contributed by atoms with Gasteiger partial charge in [0.15, 0.2) is 0 Å². The van der Waals surface area contributed by atoms with Crippen LogP contribution in [0, 0.1) is 0 Å². The Labute approximate surface area is 163 Å². The second-order valence-electron chi connectivity index (χ2n) is 6.80. The SMILES string of the molecule is CCN(CC)CCC(=O)Nc1cccc2c1-c1nccc3ccnc(c13)C2=O. The van der Waals surface area contributed by atoms with Crippen LogP contribution in [-0.4, -0.2) is 46.2 Å². The molecule has 1 aromatic carbocycles. The molecule has 6 nitrogen and oxygen atoms in total. The molecule has 1 aliphatic rings. The third-order valence-corrected chi connectivity index (χ3v) is 5.26. The number of pyridine rings is 2. The second kappa shape index (κ2) is 7.48. The predicted octanol–water partition coefficient (Wildman–Crippen LogP) is 3.51. The summed E-state index contributed by atoms with van der Waals surface area (Å²) < 4.78 is 0. The van der Waals surface area contributed by atoms with Crippen molar-refractivity contribution in [2.24, 2.45) is 0 Å². The number of hydrogen-bond donors (Lipinski definition) is 1. The first kappa shape index (κ1) is 18.3. The van der Waals surface area contributed by atoms with Crippen LogP contribution in [0.1, 0.15) is 36.3 Å². The molecule has 0 unspecified atom stereocenters. The van der Waals surface area contributed by atoms with Crippen molar-refractivity contribution in [3.63, 3.8) is 0 Å². The topological polar surface area (TPSA) is 75.2 Å². The molecule has 3 aromatic rings. The van der Waals surface area contributed by atoms with Crippen LogP contribution < -0.4 is 5.32 Å². The van der Waals surface area contributed by atoms with E-state index in [1.54, 1.807) is 24.5 Å². The first-order valence-electron chi connectivity index (χ1n) is 9.58. The van der Waals surface area contributed by atoms with E-state index in [1.807, 2.05) is 18.2 Å². The maximum Gasteiger partial charge on any atom is 0.225 e. The normalized spacial score (nSPS) is 12.3. The summed E-state index contributed by atoms with van der Waals surface area (Å²) in [5.74, 6) is -0.211. The van der Waals surface area contributed by atoms with Crippen molar-refractivity contribution >= 4 is 28.2 Å². The van der Waals surface area contributed by atoms with Gasteiger partial charge in [0.2, 0.25) is 11.7 Å². The number of nitrogens with zero attached hydrogens (tertiary/aromatic N) is 3. The largest absolute Gasteiger partial charge is 0.325 e. The van der Waals surface area contributed by atoms with Gasteiger partial charge in [-0.3, -0.25) is 19.6 Å². The maximum absolute atomic E-state index is 13.0. The van der Waals surface area contributed by atoms with Gasteiger partial charge >= 0.3 is 0 Å². The van der Waals surface area contributed by atoms with E-state index in [4.69, 9.17) is 0 Å². The van der Waals surface area contributed by atoms with Crippen molar-refractivity contribution in [3.05, 3.63) is 54.0 Å². The van der Waals surface area contributed by atoms with Crippen LogP contribution >= 0.6 is 0 Å². The van der Waals surface area contributed by atoms with Gasteiger partial charge in [-0.05, 0) is 36.7 Å². The highest BCUT2D eigenvalue weighted by Crippen LogP contribution is 2.40. The number of rotatable bonds is 6. The van der Waals surface area contributed by atoms with E-state index < -0.39 is 0 Å².